The Morgan fingerprint density at radius 1 is 0.926 bits per heavy atom. The summed E-state index contributed by atoms with van der Waals surface area (Å²) in [5, 5.41) is 3.88. The summed E-state index contributed by atoms with van der Waals surface area (Å²) in [6, 6.07) is 11.9. The Balaban J connectivity index is 1.84. The van der Waals surface area contributed by atoms with Crippen molar-refractivity contribution >= 4 is 23.3 Å². The average Bonchev–Trinajstić information content (AvgIpc) is 2.62. The number of anilines is 1. The summed E-state index contributed by atoms with van der Waals surface area (Å²) in [6.07, 6.45) is 4.80. The lowest BCUT2D eigenvalue weighted by atomic mass is 9.24. The molecule has 3 aliphatic heterocycles. The first-order valence-electron chi connectivity index (χ1n) is 10.3. The fraction of sp³-hybridized carbons (Fsp3) is 0.360. The van der Waals surface area contributed by atoms with Crippen LogP contribution in [-0.4, -0.2) is 6.71 Å². The van der Waals surface area contributed by atoms with Gasteiger partial charge in [-0.3, -0.25) is 0 Å². The molecule has 2 aromatic carbocycles. The highest BCUT2D eigenvalue weighted by molar-refractivity contribution is 6.95. The Morgan fingerprint density at radius 3 is 2.44 bits per heavy atom. The molecule has 0 bridgehead atoms. The second-order valence-electron chi connectivity index (χ2n) is 9.90. The number of benzene rings is 2. The standard InChI is InChI=1S/C25H26BN/c1-14-12-18-23-20(13-14)27-19-11-7-10-17-22(19)26(23)21-15(24(17,2)3)8-6-9-16(21)25(18,4)5/h6,8-10,12-13,27H,7,11H2,1-5H3. The van der Waals surface area contributed by atoms with Crippen LogP contribution in [0.2, 0.25) is 0 Å². The zero-order valence-corrected chi connectivity index (χ0v) is 17.0. The Hall–Kier alpha value is -2.22. The molecule has 0 saturated heterocycles. The molecular weight excluding hydrogens is 325 g/mol. The summed E-state index contributed by atoms with van der Waals surface area (Å²) in [6.45, 7) is 12.3. The fourth-order valence-electron chi connectivity index (χ4n) is 6.40. The molecule has 4 aliphatic rings. The van der Waals surface area contributed by atoms with Crippen molar-refractivity contribution in [2.45, 2.75) is 58.3 Å². The first kappa shape index (κ1) is 15.8. The molecule has 0 atom stereocenters. The maximum Gasteiger partial charge on any atom is 0.247 e. The molecule has 0 fully saturated rings. The third-order valence-electron chi connectivity index (χ3n) is 7.63. The van der Waals surface area contributed by atoms with Gasteiger partial charge in [-0.05, 0) is 64.6 Å². The minimum atomic E-state index is 0.0314. The van der Waals surface area contributed by atoms with Gasteiger partial charge in [0.1, 0.15) is 0 Å². The maximum absolute atomic E-state index is 3.88. The van der Waals surface area contributed by atoms with Crippen LogP contribution in [0.3, 0.4) is 0 Å². The predicted octanol–water partition coefficient (Wildman–Crippen LogP) is 4.47. The highest BCUT2D eigenvalue weighted by Gasteiger charge is 2.52. The van der Waals surface area contributed by atoms with Crippen LogP contribution < -0.4 is 16.2 Å². The quantitative estimate of drug-likeness (QED) is 0.691. The van der Waals surface area contributed by atoms with Gasteiger partial charge in [0.15, 0.2) is 0 Å². The number of hydrogen-bond donors (Lipinski definition) is 1. The summed E-state index contributed by atoms with van der Waals surface area (Å²) in [7, 11) is 0. The Morgan fingerprint density at radius 2 is 1.67 bits per heavy atom. The monoisotopic (exact) mass is 351 g/mol. The number of rotatable bonds is 0. The van der Waals surface area contributed by atoms with Gasteiger partial charge >= 0.3 is 0 Å². The Kier molecular flexibility index (Phi) is 2.70. The molecule has 134 valence electrons. The number of allylic oxidation sites excluding steroid dienone is 4. The van der Waals surface area contributed by atoms with E-state index in [9.17, 15) is 0 Å². The van der Waals surface area contributed by atoms with E-state index in [-0.39, 0.29) is 10.8 Å². The van der Waals surface area contributed by atoms with Crippen LogP contribution in [-0.2, 0) is 10.8 Å². The minimum Gasteiger partial charge on any atom is -0.360 e. The van der Waals surface area contributed by atoms with Gasteiger partial charge in [0.25, 0.3) is 0 Å². The third kappa shape index (κ3) is 1.69. The first-order chi connectivity index (χ1) is 12.8. The van der Waals surface area contributed by atoms with Crippen LogP contribution >= 0.6 is 0 Å². The van der Waals surface area contributed by atoms with E-state index in [4.69, 9.17) is 0 Å². The lowest BCUT2D eigenvalue weighted by molar-refractivity contribution is 0.606. The Labute approximate surface area is 162 Å². The van der Waals surface area contributed by atoms with Gasteiger partial charge in [-0.15, -0.1) is 0 Å². The van der Waals surface area contributed by atoms with Crippen molar-refractivity contribution in [3.63, 3.8) is 0 Å². The highest BCUT2D eigenvalue weighted by Crippen LogP contribution is 2.50. The van der Waals surface area contributed by atoms with Crippen LogP contribution in [0.15, 0.2) is 53.2 Å². The molecule has 1 N–H and O–H groups in total. The molecule has 0 radical (unpaired) electrons. The van der Waals surface area contributed by atoms with Crippen molar-refractivity contribution in [2.75, 3.05) is 5.32 Å². The van der Waals surface area contributed by atoms with E-state index in [1.54, 1.807) is 16.5 Å². The van der Waals surface area contributed by atoms with Crippen molar-refractivity contribution in [2.24, 2.45) is 0 Å². The molecule has 2 aromatic rings. The minimum absolute atomic E-state index is 0.0314. The van der Waals surface area contributed by atoms with Gasteiger partial charge in [-0.25, -0.2) is 0 Å². The van der Waals surface area contributed by atoms with E-state index in [1.165, 1.54) is 39.1 Å². The van der Waals surface area contributed by atoms with Gasteiger partial charge in [0, 0.05) is 22.2 Å². The summed E-state index contributed by atoms with van der Waals surface area (Å²) in [5.74, 6) is 0. The van der Waals surface area contributed by atoms with Gasteiger partial charge in [0.05, 0.1) is 0 Å². The molecule has 0 saturated carbocycles. The van der Waals surface area contributed by atoms with Gasteiger partial charge in [0.2, 0.25) is 6.71 Å². The van der Waals surface area contributed by atoms with Gasteiger partial charge in [-0.2, -0.15) is 0 Å². The molecule has 0 spiro atoms. The van der Waals surface area contributed by atoms with Crippen LogP contribution in [0.5, 0.6) is 0 Å². The molecule has 3 heterocycles. The summed E-state index contributed by atoms with van der Waals surface area (Å²) in [5.41, 5.74) is 15.1. The van der Waals surface area contributed by atoms with Crippen LogP contribution in [0.1, 0.15) is 62.8 Å². The fourth-order valence-corrected chi connectivity index (χ4v) is 6.40. The largest absolute Gasteiger partial charge is 0.360 e. The molecule has 1 nitrogen and oxygen atoms in total. The number of nitrogens with one attached hydrogen (secondary N) is 1. The number of aryl methyl sites for hydroxylation is 1. The second kappa shape index (κ2) is 4.60. The molecular formula is C25H26BN. The summed E-state index contributed by atoms with van der Waals surface area (Å²) >= 11 is 0. The normalized spacial score (nSPS) is 22.1. The van der Waals surface area contributed by atoms with Gasteiger partial charge in [-0.1, -0.05) is 63.5 Å². The van der Waals surface area contributed by atoms with Crippen LogP contribution in [0, 0.1) is 6.92 Å². The second-order valence-corrected chi connectivity index (χ2v) is 9.90. The van der Waals surface area contributed by atoms with Crippen molar-refractivity contribution in [3.8, 4) is 0 Å². The van der Waals surface area contributed by atoms with Crippen molar-refractivity contribution < 1.29 is 0 Å². The lowest BCUT2D eigenvalue weighted by Crippen LogP contribution is -2.63. The van der Waals surface area contributed by atoms with Crippen molar-refractivity contribution in [1.29, 1.82) is 0 Å². The smallest absolute Gasteiger partial charge is 0.247 e. The Bertz CT molecular complexity index is 1110. The molecule has 0 aromatic heterocycles. The van der Waals surface area contributed by atoms with E-state index in [0.29, 0.717) is 6.71 Å². The topological polar surface area (TPSA) is 12.0 Å². The SMILES string of the molecule is Cc1cc2c3c(c1)C(C)(C)c1cccc4c1B3C1=C(CCC=C1C4(C)C)N2. The maximum atomic E-state index is 3.88. The molecule has 2 heteroatoms. The predicted molar refractivity (Wildman–Crippen MR) is 116 cm³/mol. The molecule has 0 amide bonds. The summed E-state index contributed by atoms with van der Waals surface area (Å²) < 4.78 is 0. The van der Waals surface area contributed by atoms with E-state index in [1.807, 2.05) is 0 Å². The first-order valence-corrected chi connectivity index (χ1v) is 10.3. The van der Waals surface area contributed by atoms with E-state index >= 15 is 0 Å². The van der Waals surface area contributed by atoms with Crippen LogP contribution in [0.25, 0.3) is 0 Å². The number of hydrogen-bond acceptors (Lipinski definition) is 1. The van der Waals surface area contributed by atoms with Gasteiger partial charge < -0.3 is 5.32 Å². The van der Waals surface area contributed by atoms with E-state index < -0.39 is 0 Å². The zero-order chi connectivity index (χ0) is 18.7. The highest BCUT2D eigenvalue weighted by atomic mass is 14.9. The lowest BCUT2D eigenvalue weighted by Gasteiger charge is -2.51. The van der Waals surface area contributed by atoms with E-state index in [2.05, 4.69) is 76.3 Å². The van der Waals surface area contributed by atoms with Crippen molar-refractivity contribution in [1.82, 2.24) is 0 Å². The van der Waals surface area contributed by atoms with E-state index in [0.717, 1.165) is 12.8 Å². The third-order valence-corrected chi connectivity index (χ3v) is 7.63. The zero-order valence-electron chi connectivity index (χ0n) is 17.0. The molecule has 6 rings (SSSR count). The summed E-state index contributed by atoms with van der Waals surface area (Å²) in [4.78, 5) is 0. The average molecular weight is 351 g/mol. The molecule has 0 unspecified atom stereocenters. The van der Waals surface area contributed by atoms with Crippen LogP contribution in [0.4, 0.5) is 5.69 Å². The van der Waals surface area contributed by atoms with Crippen molar-refractivity contribution in [3.05, 3.63) is 75.4 Å². The molecule has 1 aliphatic carbocycles. The molecule has 27 heavy (non-hydrogen) atoms.